The largest absolute Gasteiger partial charge is 0.394 e. The number of rotatable bonds is 7. The van der Waals surface area contributed by atoms with E-state index in [0.29, 0.717) is 6.54 Å². The van der Waals surface area contributed by atoms with E-state index in [0.717, 1.165) is 19.3 Å². The molecule has 1 unspecified atom stereocenters. The minimum absolute atomic E-state index is 0.0284. The van der Waals surface area contributed by atoms with E-state index in [1.165, 1.54) is 24.8 Å². The van der Waals surface area contributed by atoms with Gasteiger partial charge in [-0.1, -0.05) is 25.0 Å². The molecule has 1 rings (SSSR count). The molecule has 1 atom stereocenters. The normalized spacial score (nSPS) is 18.1. The summed E-state index contributed by atoms with van der Waals surface area (Å²) in [5.74, 6) is 0. The minimum Gasteiger partial charge on any atom is -0.394 e. The zero-order chi connectivity index (χ0) is 13.4. The Morgan fingerprint density at radius 1 is 1.56 bits per heavy atom. The lowest BCUT2D eigenvalue weighted by molar-refractivity contribution is 0.163. The van der Waals surface area contributed by atoms with Gasteiger partial charge >= 0.3 is 6.03 Å². The maximum absolute atomic E-state index is 11.7. The lowest BCUT2D eigenvalue weighted by Gasteiger charge is -2.28. The van der Waals surface area contributed by atoms with Crippen LogP contribution in [-0.2, 0) is 0 Å². The van der Waals surface area contributed by atoms with Crippen LogP contribution < -0.4 is 10.6 Å². The standard InChI is InChI=1S/C14H26N2O2/c1-3-9-14(2,11-17)16-13(18)15-10-8-12-6-4-5-7-12/h6,17H,3-5,7-11H2,1-2H3,(H2,15,16,18). The van der Waals surface area contributed by atoms with E-state index in [1.807, 2.05) is 13.8 Å². The number of nitrogens with one attached hydrogen (secondary N) is 2. The molecule has 4 nitrogen and oxygen atoms in total. The first-order valence-electron chi connectivity index (χ1n) is 6.94. The van der Waals surface area contributed by atoms with Crippen LogP contribution in [0.4, 0.5) is 4.79 Å². The first-order chi connectivity index (χ1) is 8.59. The summed E-state index contributed by atoms with van der Waals surface area (Å²) in [5.41, 5.74) is 0.944. The third-order valence-corrected chi connectivity index (χ3v) is 3.43. The maximum atomic E-state index is 11.7. The summed E-state index contributed by atoms with van der Waals surface area (Å²) < 4.78 is 0. The van der Waals surface area contributed by atoms with Crippen LogP contribution in [0, 0.1) is 0 Å². The van der Waals surface area contributed by atoms with Gasteiger partial charge < -0.3 is 15.7 Å². The number of allylic oxidation sites excluding steroid dienone is 1. The third-order valence-electron chi connectivity index (χ3n) is 3.43. The lowest BCUT2D eigenvalue weighted by atomic mass is 9.98. The number of amides is 2. The summed E-state index contributed by atoms with van der Waals surface area (Å²) in [6.45, 7) is 4.56. The second-order valence-corrected chi connectivity index (χ2v) is 5.35. The van der Waals surface area contributed by atoms with Crippen molar-refractivity contribution >= 4 is 6.03 Å². The molecule has 0 aromatic carbocycles. The van der Waals surface area contributed by atoms with Crippen LogP contribution in [0.3, 0.4) is 0 Å². The summed E-state index contributed by atoms with van der Waals surface area (Å²) in [5, 5.41) is 15.0. The van der Waals surface area contributed by atoms with Gasteiger partial charge in [0.2, 0.25) is 0 Å². The van der Waals surface area contributed by atoms with E-state index in [9.17, 15) is 9.90 Å². The maximum Gasteiger partial charge on any atom is 0.315 e. The van der Waals surface area contributed by atoms with Gasteiger partial charge in [-0.2, -0.15) is 0 Å². The summed E-state index contributed by atoms with van der Waals surface area (Å²) >= 11 is 0. The molecule has 0 heterocycles. The highest BCUT2D eigenvalue weighted by atomic mass is 16.3. The van der Waals surface area contributed by atoms with Crippen molar-refractivity contribution in [3.05, 3.63) is 11.6 Å². The minimum atomic E-state index is -0.508. The molecule has 3 N–H and O–H groups in total. The monoisotopic (exact) mass is 254 g/mol. The van der Waals surface area contributed by atoms with Crippen molar-refractivity contribution in [2.45, 2.75) is 57.9 Å². The molecular formula is C14H26N2O2. The molecule has 0 aliphatic heterocycles. The van der Waals surface area contributed by atoms with Crippen molar-refractivity contribution in [1.82, 2.24) is 10.6 Å². The first-order valence-corrected chi connectivity index (χ1v) is 6.94. The SMILES string of the molecule is CCCC(C)(CO)NC(=O)NCCC1=CCCC1. The third kappa shape index (κ3) is 5.08. The Morgan fingerprint density at radius 2 is 2.33 bits per heavy atom. The molecule has 0 bridgehead atoms. The number of aliphatic hydroxyl groups is 1. The van der Waals surface area contributed by atoms with Crippen molar-refractivity contribution in [2.24, 2.45) is 0 Å². The Balaban J connectivity index is 2.23. The van der Waals surface area contributed by atoms with E-state index in [4.69, 9.17) is 0 Å². The van der Waals surface area contributed by atoms with Gasteiger partial charge in [-0.3, -0.25) is 0 Å². The highest BCUT2D eigenvalue weighted by Crippen LogP contribution is 2.19. The summed E-state index contributed by atoms with van der Waals surface area (Å²) in [6, 6.07) is -0.182. The van der Waals surface area contributed by atoms with Crippen LogP contribution in [0.2, 0.25) is 0 Å². The molecule has 0 aromatic rings. The highest BCUT2D eigenvalue weighted by Gasteiger charge is 2.24. The van der Waals surface area contributed by atoms with Gasteiger partial charge in [-0.05, 0) is 39.0 Å². The van der Waals surface area contributed by atoms with E-state index in [2.05, 4.69) is 16.7 Å². The summed E-state index contributed by atoms with van der Waals surface area (Å²) in [6.07, 6.45) is 8.53. The van der Waals surface area contributed by atoms with Crippen molar-refractivity contribution in [2.75, 3.05) is 13.2 Å². The van der Waals surface area contributed by atoms with Crippen LogP contribution in [-0.4, -0.2) is 29.8 Å². The number of carbonyl (C=O) groups excluding carboxylic acids is 1. The summed E-state index contributed by atoms with van der Waals surface area (Å²) in [7, 11) is 0. The number of hydrogen-bond acceptors (Lipinski definition) is 2. The Hall–Kier alpha value is -1.03. The highest BCUT2D eigenvalue weighted by molar-refractivity contribution is 5.74. The number of hydrogen-bond donors (Lipinski definition) is 3. The van der Waals surface area contributed by atoms with Gasteiger partial charge in [0.25, 0.3) is 0 Å². The summed E-state index contributed by atoms with van der Waals surface area (Å²) in [4.78, 5) is 11.7. The van der Waals surface area contributed by atoms with Gasteiger partial charge in [-0.15, -0.1) is 0 Å². The van der Waals surface area contributed by atoms with Gasteiger partial charge in [0.15, 0.2) is 0 Å². The predicted molar refractivity (Wildman–Crippen MR) is 73.5 cm³/mol. The molecule has 4 heteroatoms. The van der Waals surface area contributed by atoms with Crippen molar-refractivity contribution in [3.8, 4) is 0 Å². The molecule has 0 fully saturated rings. The van der Waals surface area contributed by atoms with Crippen LogP contribution in [0.5, 0.6) is 0 Å². The molecule has 0 spiro atoms. The number of aliphatic hydroxyl groups excluding tert-OH is 1. The molecule has 0 saturated heterocycles. The molecule has 0 saturated carbocycles. The molecule has 18 heavy (non-hydrogen) atoms. The van der Waals surface area contributed by atoms with Crippen molar-refractivity contribution < 1.29 is 9.90 Å². The van der Waals surface area contributed by atoms with Crippen LogP contribution in [0.15, 0.2) is 11.6 Å². The number of carbonyl (C=O) groups is 1. The topological polar surface area (TPSA) is 61.4 Å². The molecule has 0 aromatic heterocycles. The van der Waals surface area contributed by atoms with Crippen molar-refractivity contribution in [1.29, 1.82) is 0 Å². The molecule has 2 amide bonds. The average Bonchev–Trinajstić information content (AvgIpc) is 2.82. The second kappa shape index (κ2) is 7.41. The predicted octanol–water partition coefficient (Wildman–Crippen LogP) is 2.34. The van der Waals surface area contributed by atoms with Gasteiger partial charge in [0.1, 0.15) is 0 Å². The molecule has 0 radical (unpaired) electrons. The first kappa shape index (κ1) is 15.0. The second-order valence-electron chi connectivity index (χ2n) is 5.35. The quantitative estimate of drug-likeness (QED) is 0.611. The zero-order valence-electron chi connectivity index (χ0n) is 11.6. The molecular weight excluding hydrogens is 228 g/mol. The fraction of sp³-hybridized carbons (Fsp3) is 0.786. The van der Waals surface area contributed by atoms with Crippen LogP contribution in [0.1, 0.15) is 52.4 Å². The molecule has 104 valence electrons. The van der Waals surface area contributed by atoms with Gasteiger partial charge in [0.05, 0.1) is 12.1 Å². The van der Waals surface area contributed by atoms with Crippen LogP contribution in [0.25, 0.3) is 0 Å². The Morgan fingerprint density at radius 3 is 2.89 bits per heavy atom. The Labute approximate surface area is 110 Å². The Kier molecular flexibility index (Phi) is 6.19. The van der Waals surface area contributed by atoms with E-state index >= 15 is 0 Å². The van der Waals surface area contributed by atoms with Gasteiger partial charge in [0, 0.05) is 6.54 Å². The number of urea groups is 1. The van der Waals surface area contributed by atoms with E-state index in [-0.39, 0.29) is 12.6 Å². The molecule has 1 aliphatic rings. The molecule has 1 aliphatic carbocycles. The van der Waals surface area contributed by atoms with Crippen molar-refractivity contribution in [3.63, 3.8) is 0 Å². The van der Waals surface area contributed by atoms with Crippen LogP contribution >= 0.6 is 0 Å². The smallest absolute Gasteiger partial charge is 0.315 e. The fourth-order valence-electron chi connectivity index (χ4n) is 2.35. The van der Waals surface area contributed by atoms with E-state index in [1.54, 1.807) is 0 Å². The van der Waals surface area contributed by atoms with Gasteiger partial charge in [-0.25, -0.2) is 4.79 Å². The lowest BCUT2D eigenvalue weighted by Crippen LogP contribution is -2.52. The zero-order valence-corrected chi connectivity index (χ0v) is 11.6. The average molecular weight is 254 g/mol. The fourth-order valence-corrected chi connectivity index (χ4v) is 2.35. The van der Waals surface area contributed by atoms with E-state index < -0.39 is 5.54 Å². The Bertz CT molecular complexity index is 302.